The molecule has 1 aliphatic carbocycles. The van der Waals surface area contributed by atoms with Gasteiger partial charge in [0, 0.05) is 39.5 Å². The second kappa shape index (κ2) is 7.36. The third-order valence-corrected chi connectivity index (χ3v) is 3.73. The molecule has 104 valence electrons. The van der Waals surface area contributed by atoms with Gasteiger partial charge >= 0.3 is 0 Å². The minimum atomic E-state index is -0.0294. The van der Waals surface area contributed by atoms with E-state index in [1.165, 1.54) is 0 Å². The van der Waals surface area contributed by atoms with Gasteiger partial charge in [-0.1, -0.05) is 0 Å². The summed E-state index contributed by atoms with van der Waals surface area (Å²) in [6.07, 6.45) is 5.12. The Hall–Kier alpha value is -1.10. The Balaban J connectivity index is 2.25. The molecule has 2 amide bonds. The van der Waals surface area contributed by atoms with Crippen LogP contribution in [0, 0.1) is 5.92 Å². The number of carbonyl (C=O) groups excluding carboxylic acids is 2. The van der Waals surface area contributed by atoms with Crippen molar-refractivity contribution in [1.82, 2.24) is 10.2 Å². The molecule has 1 fully saturated rings. The summed E-state index contributed by atoms with van der Waals surface area (Å²) in [4.78, 5) is 24.7. The highest BCUT2D eigenvalue weighted by Gasteiger charge is 2.22. The highest BCUT2D eigenvalue weighted by atomic mass is 16.2. The Labute approximate surface area is 109 Å². The summed E-state index contributed by atoms with van der Waals surface area (Å²) in [6.45, 7) is 0.491. The van der Waals surface area contributed by atoms with Crippen molar-refractivity contribution in [1.29, 1.82) is 0 Å². The first-order valence-corrected chi connectivity index (χ1v) is 6.73. The van der Waals surface area contributed by atoms with Gasteiger partial charge in [0.1, 0.15) is 0 Å². The van der Waals surface area contributed by atoms with E-state index in [9.17, 15) is 9.59 Å². The van der Waals surface area contributed by atoms with E-state index in [1.54, 1.807) is 19.0 Å². The smallest absolute Gasteiger partial charge is 0.222 e. The van der Waals surface area contributed by atoms with E-state index >= 15 is 0 Å². The molecule has 0 bridgehead atoms. The quantitative estimate of drug-likeness (QED) is 0.750. The van der Waals surface area contributed by atoms with Crippen LogP contribution in [0.5, 0.6) is 0 Å². The molecule has 0 saturated heterocycles. The normalized spacial score (nSPS) is 23.5. The molecule has 0 aromatic carbocycles. The average molecular weight is 255 g/mol. The molecule has 0 heterocycles. The van der Waals surface area contributed by atoms with Gasteiger partial charge in [-0.05, 0) is 31.6 Å². The molecule has 5 nitrogen and oxygen atoms in total. The molecule has 0 aliphatic heterocycles. The van der Waals surface area contributed by atoms with Crippen LogP contribution in [0.2, 0.25) is 0 Å². The summed E-state index contributed by atoms with van der Waals surface area (Å²) in [5.74, 6) is 0.581. The third-order valence-electron chi connectivity index (χ3n) is 3.73. The monoisotopic (exact) mass is 255 g/mol. The summed E-state index contributed by atoms with van der Waals surface area (Å²) in [5, 5.41) is 2.55. The molecule has 1 aliphatic rings. The van der Waals surface area contributed by atoms with Gasteiger partial charge in [0.25, 0.3) is 0 Å². The maximum absolute atomic E-state index is 12.0. The molecule has 3 N–H and O–H groups in total. The Bertz CT molecular complexity index is 286. The standard InChI is InChI=1S/C13H25N3O2/c1-15-12(17)7-8-16(2)13(18)9-10-3-5-11(14)6-4-10/h10-11H,3-9,14H2,1-2H3,(H,15,17). The van der Waals surface area contributed by atoms with E-state index in [0.29, 0.717) is 31.3 Å². The molecular formula is C13H25N3O2. The minimum absolute atomic E-state index is 0.0294. The number of nitrogens with one attached hydrogen (secondary N) is 1. The predicted octanol–water partition coefficient (Wildman–Crippen LogP) is 0.489. The Morgan fingerprint density at radius 1 is 1.28 bits per heavy atom. The third kappa shape index (κ3) is 5.04. The van der Waals surface area contributed by atoms with Gasteiger partial charge in [0.15, 0.2) is 0 Å². The lowest BCUT2D eigenvalue weighted by Gasteiger charge is -2.27. The number of rotatable bonds is 5. The lowest BCUT2D eigenvalue weighted by atomic mass is 9.84. The highest BCUT2D eigenvalue weighted by molar-refractivity contribution is 5.78. The first kappa shape index (κ1) is 15.0. The largest absolute Gasteiger partial charge is 0.359 e. The molecule has 0 aromatic rings. The maximum Gasteiger partial charge on any atom is 0.222 e. The van der Waals surface area contributed by atoms with Crippen LogP contribution in [0.25, 0.3) is 0 Å². The number of carbonyl (C=O) groups is 2. The lowest BCUT2D eigenvalue weighted by molar-refractivity contribution is -0.131. The van der Waals surface area contributed by atoms with E-state index < -0.39 is 0 Å². The van der Waals surface area contributed by atoms with Crippen molar-refractivity contribution in [2.75, 3.05) is 20.6 Å². The molecule has 18 heavy (non-hydrogen) atoms. The molecule has 1 saturated carbocycles. The van der Waals surface area contributed by atoms with Crippen LogP contribution in [-0.2, 0) is 9.59 Å². The van der Waals surface area contributed by atoms with Gasteiger partial charge in [0.2, 0.25) is 11.8 Å². The molecule has 0 radical (unpaired) electrons. The maximum atomic E-state index is 12.0. The molecule has 0 unspecified atom stereocenters. The van der Waals surface area contributed by atoms with Crippen LogP contribution in [0.15, 0.2) is 0 Å². The van der Waals surface area contributed by atoms with Crippen LogP contribution >= 0.6 is 0 Å². The van der Waals surface area contributed by atoms with Crippen LogP contribution in [0.4, 0.5) is 0 Å². The van der Waals surface area contributed by atoms with E-state index in [0.717, 1.165) is 25.7 Å². The zero-order chi connectivity index (χ0) is 13.5. The summed E-state index contributed by atoms with van der Waals surface area (Å²) in [6, 6.07) is 0.322. The van der Waals surface area contributed by atoms with Crippen LogP contribution in [0.3, 0.4) is 0 Å². The molecular weight excluding hydrogens is 230 g/mol. The van der Waals surface area contributed by atoms with E-state index in [4.69, 9.17) is 5.73 Å². The second-order valence-electron chi connectivity index (χ2n) is 5.22. The minimum Gasteiger partial charge on any atom is -0.359 e. The summed E-state index contributed by atoms with van der Waals surface area (Å²) in [7, 11) is 3.37. The van der Waals surface area contributed by atoms with Crippen molar-refractivity contribution in [3.05, 3.63) is 0 Å². The van der Waals surface area contributed by atoms with Crippen molar-refractivity contribution in [3.63, 3.8) is 0 Å². The van der Waals surface area contributed by atoms with Crippen molar-refractivity contribution in [2.45, 2.75) is 44.6 Å². The first-order chi connectivity index (χ1) is 8.52. The number of nitrogens with two attached hydrogens (primary N) is 1. The van der Waals surface area contributed by atoms with E-state index in [2.05, 4.69) is 5.32 Å². The van der Waals surface area contributed by atoms with Gasteiger partial charge in [-0.25, -0.2) is 0 Å². The molecule has 0 atom stereocenters. The fraction of sp³-hybridized carbons (Fsp3) is 0.846. The Kier molecular flexibility index (Phi) is 6.12. The number of hydrogen-bond acceptors (Lipinski definition) is 3. The van der Waals surface area contributed by atoms with Gasteiger partial charge in [-0.2, -0.15) is 0 Å². The number of amides is 2. The predicted molar refractivity (Wildman–Crippen MR) is 70.9 cm³/mol. The fourth-order valence-corrected chi connectivity index (χ4v) is 2.31. The SMILES string of the molecule is CNC(=O)CCN(C)C(=O)CC1CCC(N)CC1. The number of nitrogens with zero attached hydrogens (tertiary/aromatic N) is 1. The molecule has 0 spiro atoms. The van der Waals surface area contributed by atoms with Crippen LogP contribution in [0.1, 0.15) is 38.5 Å². The van der Waals surface area contributed by atoms with E-state index in [-0.39, 0.29) is 11.8 Å². The molecule has 1 rings (SSSR count). The Morgan fingerprint density at radius 2 is 1.89 bits per heavy atom. The fourth-order valence-electron chi connectivity index (χ4n) is 2.31. The first-order valence-electron chi connectivity index (χ1n) is 6.73. The van der Waals surface area contributed by atoms with Crippen molar-refractivity contribution >= 4 is 11.8 Å². The zero-order valence-electron chi connectivity index (χ0n) is 11.4. The van der Waals surface area contributed by atoms with Gasteiger partial charge in [0.05, 0.1) is 0 Å². The van der Waals surface area contributed by atoms with Gasteiger partial charge in [-0.3, -0.25) is 9.59 Å². The second-order valence-corrected chi connectivity index (χ2v) is 5.22. The van der Waals surface area contributed by atoms with E-state index in [1.807, 2.05) is 0 Å². The highest BCUT2D eigenvalue weighted by Crippen LogP contribution is 2.26. The van der Waals surface area contributed by atoms with Crippen LogP contribution < -0.4 is 11.1 Å². The van der Waals surface area contributed by atoms with Crippen molar-refractivity contribution < 1.29 is 9.59 Å². The van der Waals surface area contributed by atoms with Crippen LogP contribution in [-0.4, -0.2) is 43.4 Å². The van der Waals surface area contributed by atoms with Crippen molar-refractivity contribution in [3.8, 4) is 0 Å². The lowest BCUT2D eigenvalue weighted by Crippen LogP contribution is -2.34. The molecule has 0 aromatic heterocycles. The average Bonchev–Trinajstić information content (AvgIpc) is 2.38. The van der Waals surface area contributed by atoms with Crippen molar-refractivity contribution in [2.24, 2.45) is 11.7 Å². The summed E-state index contributed by atoms with van der Waals surface area (Å²) < 4.78 is 0. The summed E-state index contributed by atoms with van der Waals surface area (Å²) in [5.41, 5.74) is 5.84. The summed E-state index contributed by atoms with van der Waals surface area (Å²) >= 11 is 0. The van der Waals surface area contributed by atoms with Gasteiger partial charge < -0.3 is 16.0 Å². The molecule has 5 heteroatoms. The topological polar surface area (TPSA) is 75.4 Å². The zero-order valence-corrected chi connectivity index (χ0v) is 11.4. The Morgan fingerprint density at radius 3 is 2.44 bits per heavy atom. The number of hydrogen-bond donors (Lipinski definition) is 2. The van der Waals surface area contributed by atoms with Gasteiger partial charge in [-0.15, -0.1) is 0 Å².